The minimum atomic E-state index is -0.438. The van der Waals surface area contributed by atoms with Crippen LogP contribution in [0.25, 0.3) is 0 Å². The summed E-state index contributed by atoms with van der Waals surface area (Å²) in [4.78, 5) is 37.0. The maximum atomic E-state index is 12.3. The molecule has 1 aliphatic heterocycles. The highest BCUT2D eigenvalue weighted by Crippen LogP contribution is 2.18. The summed E-state index contributed by atoms with van der Waals surface area (Å²) < 4.78 is 0. The molecule has 5 nitrogen and oxygen atoms in total. The van der Waals surface area contributed by atoms with Gasteiger partial charge in [0.1, 0.15) is 6.04 Å². The Morgan fingerprint density at radius 3 is 2.45 bits per heavy atom. The Labute approximate surface area is 121 Å². The Bertz CT molecular complexity index is 381. The predicted molar refractivity (Wildman–Crippen MR) is 77.1 cm³/mol. The number of carbonyl (C=O) groups excluding carboxylic acids is 3. The average molecular weight is 282 g/mol. The quantitative estimate of drug-likeness (QED) is 0.803. The Hall–Kier alpha value is -1.39. The van der Waals surface area contributed by atoms with Crippen molar-refractivity contribution in [1.82, 2.24) is 10.2 Å². The van der Waals surface area contributed by atoms with Crippen LogP contribution >= 0.6 is 0 Å². The van der Waals surface area contributed by atoms with Crippen molar-refractivity contribution in [2.75, 3.05) is 6.54 Å². The van der Waals surface area contributed by atoms with Gasteiger partial charge in [0.05, 0.1) is 6.04 Å². The first-order chi connectivity index (χ1) is 9.36. The second-order valence-corrected chi connectivity index (χ2v) is 5.79. The summed E-state index contributed by atoms with van der Waals surface area (Å²) >= 11 is 0. The fourth-order valence-electron chi connectivity index (χ4n) is 2.58. The molecular formula is C15H26N2O3. The summed E-state index contributed by atoms with van der Waals surface area (Å²) in [6, 6.07) is -0.849. The highest BCUT2D eigenvalue weighted by Gasteiger charge is 2.33. The number of carbonyl (C=O) groups is 3. The molecule has 3 atom stereocenters. The van der Waals surface area contributed by atoms with Crippen LogP contribution in [-0.2, 0) is 14.4 Å². The highest BCUT2D eigenvalue weighted by molar-refractivity contribution is 5.92. The summed E-state index contributed by atoms with van der Waals surface area (Å²) in [7, 11) is 0. The molecule has 5 heteroatoms. The van der Waals surface area contributed by atoms with Crippen molar-refractivity contribution in [3.05, 3.63) is 0 Å². The van der Waals surface area contributed by atoms with Gasteiger partial charge in [0.25, 0.3) is 0 Å². The zero-order chi connectivity index (χ0) is 15.3. The first-order valence-electron chi connectivity index (χ1n) is 7.44. The molecule has 1 N–H and O–H groups in total. The highest BCUT2D eigenvalue weighted by atomic mass is 16.2. The fraction of sp³-hybridized carbons (Fsp3) is 0.800. The van der Waals surface area contributed by atoms with E-state index in [-0.39, 0.29) is 17.6 Å². The van der Waals surface area contributed by atoms with E-state index < -0.39 is 12.1 Å². The van der Waals surface area contributed by atoms with E-state index in [4.69, 9.17) is 0 Å². The molecule has 0 aromatic heterocycles. The molecule has 0 aliphatic carbocycles. The van der Waals surface area contributed by atoms with Gasteiger partial charge < -0.3 is 10.2 Å². The van der Waals surface area contributed by atoms with E-state index in [0.717, 1.165) is 12.8 Å². The number of hydrogen-bond donors (Lipinski definition) is 1. The monoisotopic (exact) mass is 282 g/mol. The normalized spacial score (nSPS) is 21.4. The van der Waals surface area contributed by atoms with Crippen LogP contribution in [0.3, 0.4) is 0 Å². The lowest BCUT2D eigenvalue weighted by Crippen LogP contribution is -2.50. The molecule has 0 saturated carbocycles. The number of rotatable bonds is 6. The van der Waals surface area contributed by atoms with Gasteiger partial charge in [0, 0.05) is 13.5 Å². The Balaban J connectivity index is 2.66. The molecule has 1 rings (SSSR count). The number of ketones is 1. The van der Waals surface area contributed by atoms with Gasteiger partial charge in [0.15, 0.2) is 5.78 Å². The maximum Gasteiger partial charge on any atom is 0.243 e. The van der Waals surface area contributed by atoms with Crippen LogP contribution in [0.15, 0.2) is 0 Å². The molecule has 1 heterocycles. The third-order valence-corrected chi connectivity index (χ3v) is 4.10. The second kappa shape index (κ2) is 7.41. The van der Waals surface area contributed by atoms with Gasteiger partial charge in [-0.25, -0.2) is 0 Å². The molecule has 20 heavy (non-hydrogen) atoms. The van der Waals surface area contributed by atoms with E-state index in [1.165, 1.54) is 13.8 Å². The van der Waals surface area contributed by atoms with Crippen LogP contribution in [0.2, 0.25) is 0 Å². The Kier molecular flexibility index (Phi) is 6.17. The van der Waals surface area contributed by atoms with Gasteiger partial charge in [-0.2, -0.15) is 0 Å². The number of nitrogens with zero attached hydrogens (tertiary/aromatic N) is 1. The van der Waals surface area contributed by atoms with E-state index in [1.807, 2.05) is 0 Å². The second-order valence-electron chi connectivity index (χ2n) is 5.79. The smallest absolute Gasteiger partial charge is 0.243 e. The maximum absolute atomic E-state index is 12.3. The van der Waals surface area contributed by atoms with Crippen molar-refractivity contribution in [2.24, 2.45) is 5.92 Å². The van der Waals surface area contributed by atoms with Crippen LogP contribution in [-0.4, -0.2) is 41.1 Å². The zero-order valence-electron chi connectivity index (χ0n) is 12.9. The van der Waals surface area contributed by atoms with Crippen molar-refractivity contribution in [1.29, 1.82) is 0 Å². The first kappa shape index (κ1) is 16.7. The Morgan fingerprint density at radius 2 is 1.95 bits per heavy atom. The van der Waals surface area contributed by atoms with Crippen LogP contribution in [0.4, 0.5) is 0 Å². The molecule has 1 fully saturated rings. The fourth-order valence-corrected chi connectivity index (χ4v) is 2.58. The summed E-state index contributed by atoms with van der Waals surface area (Å²) in [6.45, 7) is 7.75. The lowest BCUT2D eigenvalue weighted by molar-refractivity contribution is -0.138. The summed E-state index contributed by atoms with van der Waals surface area (Å²) in [5, 5.41) is 2.83. The Morgan fingerprint density at radius 1 is 1.30 bits per heavy atom. The standard InChI is InChI=1S/C15H26N2O3/c1-5-10(2)9-13(11(3)18)16-15(20)14-7-6-8-17(14)12(4)19/h10,13-14H,5-9H2,1-4H3,(H,16,20). The van der Waals surface area contributed by atoms with Gasteiger partial charge in [-0.1, -0.05) is 20.3 Å². The molecule has 0 radical (unpaired) electrons. The van der Waals surface area contributed by atoms with Gasteiger partial charge in [-0.15, -0.1) is 0 Å². The average Bonchev–Trinajstić information content (AvgIpc) is 2.86. The van der Waals surface area contributed by atoms with Crippen molar-refractivity contribution in [2.45, 2.75) is 65.5 Å². The molecule has 1 saturated heterocycles. The third-order valence-electron chi connectivity index (χ3n) is 4.10. The largest absolute Gasteiger partial charge is 0.345 e. The minimum Gasteiger partial charge on any atom is -0.345 e. The van der Waals surface area contributed by atoms with Crippen molar-refractivity contribution < 1.29 is 14.4 Å². The molecule has 0 aromatic carbocycles. The third kappa shape index (κ3) is 4.32. The molecule has 0 bridgehead atoms. The number of nitrogens with one attached hydrogen (secondary N) is 1. The van der Waals surface area contributed by atoms with E-state index in [1.54, 1.807) is 4.90 Å². The molecule has 114 valence electrons. The van der Waals surface area contributed by atoms with Crippen molar-refractivity contribution >= 4 is 17.6 Å². The SMILES string of the molecule is CCC(C)CC(NC(=O)C1CCCN1C(C)=O)C(C)=O. The molecule has 0 aromatic rings. The first-order valence-corrected chi connectivity index (χ1v) is 7.44. The molecule has 3 unspecified atom stereocenters. The van der Waals surface area contributed by atoms with Crippen LogP contribution < -0.4 is 5.32 Å². The molecule has 1 aliphatic rings. The van der Waals surface area contributed by atoms with E-state index in [9.17, 15) is 14.4 Å². The predicted octanol–water partition coefficient (Wildman–Crippen LogP) is 1.51. The number of Topliss-reactive ketones (excluding diaryl/α,β-unsaturated/α-hetero) is 1. The topological polar surface area (TPSA) is 66.5 Å². The van der Waals surface area contributed by atoms with Crippen LogP contribution in [0, 0.1) is 5.92 Å². The molecule has 0 spiro atoms. The lowest BCUT2D eigenvalue weighted by Gasteiger charge is -2.25. The van der Waals surface area contributed by atoms with Crippen LogP contribution in [0.1, 0.15) is 53.4 Å². The van der Waals surface area contributed by atoms with Gasteiger partial charge in [-0.3, -0.25) is 14.4 Å². The number of amides is 2. The van der Waals surface area contributed by atoms with Gasteiger partial charge in [-0.05, 0) is 32.1 Å². The number of hydrogen-bond acceptors (Lipinski definition) is 3. The van der Waals surface area contributed by atoms with Gasteiger partial charge in [0.2, 0.25) is 11.8 Å². The molecule has 2 amide bonds. The molecular weight excluding hydrogens is 256 g/mol. The summed E-state index contributed by atoms with van der Waals surface area (Å²) in [5.74, 6) is 0.0906. The summed E-state index contributed by atoms with van der Waals surface area (Å²) in [6.07, 6.45) is 3.15. The van der Waals surface area contributed by atoms with Crippen LogP contribution in [0.5, 0.6) is 0 Å². The van der Waals surface area contributed by atoms with Crippen molar-refractivity contribution in [3.8, 4) is 0 Å². The van der Waals surface area contributed by atoms with E-state index >= 15 is 0 Å². The van der Waals surface area contributed by atoms with Crippen molar-refractivity contribution in [3.63, 3.8) is 0 Å². The van der Waals surface area contributed by atoms with E-state index in [0.29, 0.717) is 25.3 Å². The summed E-state index contributed by atoms with van der Waals surface area (Å²) in [5.41, 5.74) is 0. The van der Waals surface area contributed by atoms with Gasteiger partial charge >= 0.3 is 0 Å². The lowest BCUT2D eigenvalue weighted by atomic mass is 9.97. The number of likely N-dealkylation sites (tertiary alicyclic amines) is 1. The van der Waals surface area contributed by atoms with E-state index in [2.05, 4.69) is 19.2 Å². The zero-order valence-corrected chi connectivity index (χ0v) is 12.9. The minimum absolute atomic E-state index is 0.0222.